The summed E-state index contributed by atoms with van der Waals surface area (Å²) in [7, 11) is 0. The van der Waals surface area contributed by atoms with Crippen molar-refractivity contribution in [1.29, 1.82) is 0 Å². The van der Waals surface area contributed by atoms with Gasteiger partial charge in [0.25, 0.3) is 0 Å². The Morgan fingerprint density at radius 1 is 0.854 bits per heavy atom. The molecule has 6 atom stereocenters. The number of epoxide rings is 1. The number of rotatable bonds is 7. The molecule has 0 unspecified atom stereocenters. The molecule has 1 aliphatic heterocycles. The number of nitrogens with zero attached hydrogens (tertiary/aromatic N) is 2. The van der Waals surface area contributed by atoms with Crippen LogP contribution in [0.1, 0.15) is 90.9 Å². The molecule has 3 aromatic rings. The van der Waals surface area contributed by atoms with E-state index in [-0.39, 0.29) is 12.7 Å². The van der Waals surface area contributed by atoms with Crippen LogP contribution in [0.25, 0.3) is 0 Å². The van der Waals surface area contributed by atoms with Gasteiger partial charge in [-0.3, -0.25) is 9.97 Å². The molecule has 0 N–H and O–H groups in total. The predicted molar refractivity (Wildman–Crippen MR) is 178 cm³/mol. The molecular weight excluding hydrogens is 608 g/mol. The zero-order chi connectivity index (χ0) is 33.9. The molecule has 1 saturated heterocycles. The maximum Gasteiger partial charge on any atom is 0.340 e. The Balaban J connectivity index is 1.49. The molecule has 3 heterocycles. The van der Waals surface area contributed by atoms with E-state index in [0.29, 0.717) is 36.0 Å². The highest BCUT2D eigenvalue weighted by molar-refractivity contribution is 5.90. The number of esters is 3. The predicted octanol–water partition coefficient (Wildman–Crippen LogP) is 7.11. The number of hydrogen-bond acceptors (Lipinski definition) is 9. The monoisotopic (exact) mass is 650 g/mol. The molecule has 6 rings (SSSR count). The van der Waals surface area contributed by atoms with Crippen LogP contribution in [0.5, 0.6) is 0 Å². The molecular formula is C39H42N2O7. The maximum absolute atomic E-state index is 13.8. The van der Waals surface area contributed by atoms with E-state index in [4.69, 9.17) is 18.9 Å². The standard InChI is InChI=1S/C39H42N2O7/c1-25(2)30-16-17-39(24-45-35(42)27-10-6-5-7-11-27)33(47-37(44)29-13-9-19-41-23-29)20-26(3)14-15-32-38(4,48-32)21-31(34(30)39)46-36(43)28-12-8-18-40-22-28/h5-13,18-20,22-23,31-34H,14-17,21,24H2,1-4H3/b26-20+/t31-,32-,33+,34-,38+,39+/m1/s1. The lowest BCUT2D eigenvalue weighted by atomic mass is 9.68. The van der Waals surface area contributed by atoms with Crippen LogP contribution in [-0.2, 0) is 18.9 Å². The van der Waals surface area contributed by atoms with Gasteiger partial charge in [-0.2, -0.15) is 0 Å². The quantitative estimate of drug-likeness (QED) is 0.114. The van der Waals surface area contributed by atoms with Gasteiger partial charge in [0.1, 0.15) is 18.8 Å². The molecule has 1 saturated carbocycles. The van der Waals surface area contributed by atoms with Gasteiger partial charge in [0.2, 0.25) is 0 Å². The van der Waals surface area contributed by atoms with Crippen molar-refractivity contribution in [2.75, 3.05) is 6.61 Å². The van der Waals surface area contributed by atoms with Crippen LogP contribution < -0.4 is 0 Å². The highest BCUT2D eigenvalue weighted by atomic mass is 16.6. The van der Waals surface area contributed by atoms with Crippen LogP contribution >= 0.6 is 0 Å². The van der Waals surface area contributed by atoms with E-state index < -0.39 is 47.0 Å². The topological polar surface area (TPSA) is 117 Å². The molecule has 250 valence electrons. The van der Waals surface area contributed by atoms with Gasteiger partial charge >= 0.3 is 17.9 Å². The van der Waals surface area contributed by atoms with E-state index in [1.54, 1.807) is 60.9 Å². The first-order valence-corrected chi connectivity index (χ1v) is 16.6. The van der Waals surface area contributed by atoms with Crippen molar-refractivity contribution < 1.29 is 33.3 Å². The van der Waals surface area contributed by atoms with E-state index in [1.165, 1.54) is 12.4 Å². The third-order valence-electron chi connectivity index (χ3n) is 10.1. The van der Waals surface area contributed by atoms with Gasteiger partial charge in [0.05, 0.1) is 33.8 Å². The number of ether oxygens (including phenoxy) is 4. The average molecular weight is 651 g/mol. The summed E-state index contributed by atoms with van der Waals surface area (Å²) in [6, 6.07) is 15.5. The Labute approximate surface area is 281 Å². The smallest absolute Gasteiger partial charge is 0.340 e. The third kappa shape index (κ3) is 6.97. The van der Waals surface area contributed by atoms with Crippen LogP contribution in [0.3, 0.4) is 0 Å². The Kier molecular flexibility index (Phi) is 9.60. The second-order valence-corrected chi connectivity index (χ2v) is 13.6. The van der Waals surface area contributed by atoms with E-state index in [1.807, 2.05) is 32.9 Å². The van der Waals surface area contributed by atoms with Crippen LogP contribution in [0.4, 0.5) is 0 Å². The lowest BCUT2D eigenvalue weighted by molar-refractivity contribution is -0.0796. The SMILES string of the molecule is CC(C)=C1CC[C@]2(COC(=O)c3ccccc3)[C@@H](OC(=O)c3cccnc3)/C=C(\C)CC[C@H]3O[C@@]3(C)C[C@@H](OC(=O)c3cccnc3)[C@@H]12. The third-order valence-corrected chi connectivity index (χ3v) is 10.1. The van der Waals surface area contributed by atoms with Crippen LogP contribution in [0.15, 0.2) is 102 Å². The van der Waals surface area contributed by atoms with Crippen molar-refractivity contribution in [3.8, 4) is 0 Å². The van der Waals surface area contributed by atoms with Crippen LogP contribution in [0, 0.1) is 11.3 Å². The van der Waals surface area contributed by atoms with Gasteiger partial charge in [0.15, 0.2) is 0 Å². The van der Waals surface area contributed by atoms with Crippen LogP contribution in [0.2, 0.25) is 0 Å². The zero-order valence-electron chi connectivity index (χ0n) is 27.9. The Bertz CT molecular complexity index is 1700. The number of carbonyl (C=O) groups is 3. The van der Waals surface area contributed by atoms with Crippen molar-refractivity contribution >= 4 is 17.9 Å². The Hall–Kier alpha value is -4.63. The van der Waals surface area contributed by atoms with Crippen LogP contribution in [-0.4, -0.2) is 58.4 Å². The van der Waals surface area contributed by atoms with Gasteiger partial charge in [-0.05, 0) is 95.9 Å². The summed E-state index contributed by atoms with van der Waals surface area (Å²) in [6.45, 7) is 8.11. The van der Waals surface area contributed by atoms with Crippen molar-refractivity contribution in [2.24, 2.45) is 11.3 Å². The second kappa shape index (κ2) is 13.8. The molecule has 0 amide bonds. The number of allylic oxidation sites excluding steroid dienone is 2. The summed E-state index contributed by atoms with van der Waals surface area (Å²) < 4.78 is 25.4. The number of carbonyl (C=O) groups excluding carboxylic acids is 3. The van der Waals surface area contributed by atoms with Gasteiger partial charge in [0, 0.05) is 37.1 Å². The summed E-state index contributed by atoms with van der Waals surface area (Å²) in [5.41, 5.74) is 2.75. The molecule has 0 spiro atoms. The minimum absolute atomic E-state index is 0.0169. The first kappa shape index (κ1) is 33.3. The summed E-state index contributed by atoms with van der Waals surface area (Å²) in [5, 5.41) is 0. The van der Waals surface area contributed by atoms with E-state index >= 15 is 0 Å². The molecule has 2 aromatic heterocycles. The van der Waals surface area contributed by atoms with Gasteiger partial charge in [-0.25, -0.2) is 14.4 Å². The van der Waals surface area contributed by atoms with Crippen molar-refractivity contribution in [3.05, 3.63) is 119 Å². The summed E-state index contributed by atoms with van der Waals surface area (Å²) in [4.78, 5) is 49.3. The fourth-order valence-electron chi connectivity index (χ4n) is 7.44. The molecule has 48 heavy (non-hydrogen) atoms. The molecule has 1 aromatic carbocycles. The number of aromatic nitrogens is 2. The summed E-state index contributed by atoms with van der Waals surface area (Å²) in [5.74, 6) is -1.99. The van der Waals surface area contributed by atoms with Gasteiger partial charge < -0.3 is 18.9 Å². The number of fused-ring (bicyclic) bond motifs is 2. The highest BCUT2D eigenvalue weighted by Gasteiger charge is 2.61. The molecule has 2 aliphatic carbocycles. The molecule has 0 bridgehead atoms. The highest BCUT2D eigenvalue weighted by Crippen LogP contribution is 2.57. The summed E-state index contributed by atoms with van der Waals surface area (Å²) in [6.07, 6.45) is 9.71. The van der Waals surface area contributed by atoms with E-state index in [2.05, 4.69) is 16.9 Å². The van der Waals surface area contributed by atoms with Crippen molar-refractivity contribution in [1.82, 2.24) is 9.97 Å². The molecule has 2 fully saturated rings. The number of pyridine rings is 2. The zero-order valence-corrected chi connectivity index (χ0v) is 27.9. The molecule has 3 aliphatic rings. The lowest BCUT2D eigenvalue weighted by Crippen LogP contribution is -2.50. The first-order valence-electron chi connectivity index (χ1n) is 16.6. The Morgan fingerprint density at radius 3 is 2.12 bits per heavy atom. The maximum atomic E-state index is 13.8. The van der Waals surface area contributed by atoms with Crippen molar-refractivity contribution in [3.63, 3.8) is 0 Å². The second-order valence-electron chi connectivity index (χ2n) is 13.6. The van der Waals surface area contributed by atoms with E-state index in [9.17, 15) is 14.4 Å². The molecule has 9 heteroatoms. The average Bonchev–Trinajstić information content (AvgIpc) is 3.57. The minimum Gasteiger partial charge on any atom is -0.461 e. The summed E-state index contributed by atoms with van der Waals surface area (Å²) >= 11 is 0. The fourth-order valence-corrected chi connectivity index (χ4v) is 7.44. The van der Waals surface area contributed by atoms with E-state index in [0.717, 1.165) is 29.6 Å². The first-order chi connectivity index (χ1) is 23.1. The largest absolute Gasteiger partial charge is 0.461 e. The normalized spacial score (nSPS) is 29.2. The van der Waals surface area contributed by atoms with Gasteiger partial charge in [-0.15, -0.1) is 0 Å². The number of hydrogen-bond donors (Lipinski definition) is 0. The molecule has 0 radical (unpaired) electrons. The fraction of sp³-hybridized carbons (Fsp3) is 0.410. The molecule has 9 nitrogen and oxygen atoms in total. The van der Waals surface area contributed by atoms with Gasteiger partial charge in [-0.1, -0.05) is 34.9 Å². The Morgan fingerprint density at radius 2 is 1.50 bits per heavy atom. The lowest BCUT2D eigenvalue weighted by Gasteiger charge is -2.43. The minimum atomic E-state index is -0.985. The number of benzene rings is 1. The van der Waals surface area contributed by atoms with Crippen molar-refractivity contribution in [2.45, 2.75) is 83.7 Å².